The second-order valence-electron chi connectivity index (χ2n) is 6.27. The molecule has 3 aromatic rings. The molecule has 1 amide bonds. The van der Waals surface area contributed by atoms with Crippen LogP contribution in [0, 0.1) is 20.8 Å². The molecular formula is C19H22BrN5O. The van der Waals surface area contributed by atoms with Crippen molar-refractivity contribution in [3.63, 3.8) is 0 Å². The number of rotatable bonds is 5. The smallest absolute Gasteiger partial charge is 0.277 e. The van der Waals surface area contributed by atoms with Gasteiger partial charge in [0.2, 0.25) is 0 Å². The highest BCUT2D eigenvalue weighted by Gasteiger charge is 2.19. The monoisotopic (exact) mass is 415 g/mol. The summed E-state index contributed by atoms with van der Waals surface area (Å²) in [6, 6.07) is 8.24. The lowest BCUT2D eigenvalue weighted by Gasteiger charge is -2.08. The van der Waals surface area contributed by atoms with Crippen molar-refractivity contribution in [2.24, 2.45) is 0 Å². The van der Waals surface area contributed by atoms with E-state index in [2.05, 4.69) is 50.5 Å². The number of hydrogen-bond donors (Lipinski definition) is 1. The number of anilines is 1. The van der Waals surface area contributed by atoms with Crippen LogP contribution in [-0.4, -0.2) is 25.5 Å². The fraction of sp³-hybridized carbons (Fsp3) is 0.316. The topological polar surface area (TPSA) is 64.7 Å². The molecule has 136 valence electrons. The Labute approximate surface area is 161 Å². The van der Waals surface area contributed by atoms with Crippen LogP contribution in [-0.2, 0) is 13.1 Å². The number of benzene rings is 1. The predicted octanol–water partition coefficient (Wildman–Crippen LogP) is 4.09. The minimum atomic E-state index is -0.245. The molecule has 0 fully saturated rings. The summed E-state index contributed by atoms with van der Waals surface area (Å²) in [6.45, 7) is 9.31. The molecule has 0 aliphatic rings. The van der Waals surface area contributed by atoms with Crippen LogP contribution in [0.25, 0.3) is 0 Å². The number of amides is 1. The van der Waals surface area contributed by atoms with Gasteiger partial charge in [-0.05, 0) is 54.8 Å². The average Bonchev–Trinajstić information content (AvgIpc) is 3.11. The Bertz CT molecular complexity index is 957. The zero-order chi connectivity index (χ0) is 18.8. The Morgan fingerprint density at radius 1 is 1.19 bits per heavy atom. The Hall–Kier alpha value is -2.41. The predicted molar refractivity (Wildman–Crippen MR) is 106 cm³/mol. The van der Waals surface area contributed by atoms with Crippen LogP contribution in [0.15, 0.2) is 34.9 Å². The van der Waals surface area contributed by atoms with E-state index >= 15 is 0 Å². The molecule has 0 saturated carbocycles. The fourth-order valence-corrected chi connectivity index (χ4v) is 3.36. The molecule has 0 unspecified atom stereocenters. The van der Waals surface area contributed by atoms with Crippen molar-refractivity contribution in [3.05, 3.63) is 63.1 Å². The summed E-state index contributed by atoms with van der Waals surface area (Å²) < 4.78 is 4.33. The standard InChI is InChI=1S/C19H22BrN5O/c1-5-24-11-16(20)18(23-24)19(26)21-17-13(3)22-25(14(17)4)10-15-9-7-6-8-12(15)2/h6-9,11H,5,10H2,1-4H3,(H,21,26). The van der Waals surface area contributed by atoms with E-state index in [0.717, 1.165) is 17.1 Å². The van der Waals surface area contributed by atoms with Gasteiger partial charge in [-0.3, -0.25) is 14.2 Å². The van der Waals surface area contributed by atoms with Gasteiger partial charge >= 0.3 is 0 Å². The molecule has 2 aromatic heterocycles. The van der Waals surface area contributed by atoms with Gasteiger partial charge in [0.1, 0.15) is 0 Å². The quantitative estimate of drug-likeness (QED) is 0.682. The van der Waals surface area contributed by atoms with Crippen LogP contribution in [0.1, 0.15) is 39.9 Å². The lowest BCUT2D eigenvalue weighted by molar-refractivity contribution is 0.102. The van der Waals surface area contributed by atoms with Crippen molar-refractivity contribution < 1.29 is 4.79 Å². The van der Waals surface area contributed by atoms with Gasteiger partial charge in [0.05, 0.1) is 28.1 Å². The van der Waals surface area contributed by atoms with Gasteiger partial charge in [0.25, 0.3) is 5.91 Å². The SMILES string of the molecule is CCn1cc(Br)c(C(=O)Nc2c(C)nn(Cc3ccccc3C)c2C)n1. The minimum Gasteiger partial charge on any atom is -0.317 e. The second kappa shape index (κ2) is 7.45. The summed E-state index contributed by atoms with van der Waals surface area (Å²) >= 11 is 3.40. The molecule has 26 heavy (non-hydrogen) atoms. The Balaban J connectivity index is 1.85. The fourth-order valence-electron chi connectivity index (χ4n) is 2.87. The van der Waals surface area contributed by atoms with E-state index in [1.165, 1.54) is 11.1 Å². The van der Waals surface area contributed by atoms with Crippen LogP contribution < -0.4 is 5.32 Å². The van der Waals surface area contributed by atoms with Gasteiger partial charge < -0.3 is 5.32 Å². The maximum Gasteiger partial charge on any atom is 0.277 e. The molecule has 0 aliphatic heterocycles. The van der Waals surface area contributed by atoms with Crippen molar-refractivity contribution in [3.8, 4) is 0 Å². The largest absolute Gasteiger partial charge is 0.317 e. The third-order valence-electron chi connectivity index (χ3n) is 4.46. The van der Waals surface area contributed by atoms with E-state index in [9.17, 15) is 4.79 Å². The summed E-state index contributed by atoms with van der Waals surface area (Å²) in [7, 11) is 0. The lowest BCUT2D eigenvalue weighted by atomic mass is 10.1. The third kappa shape index (κ3) is 3.58. The average molecular weight is 416 g/mol. The van der Waals surface area contributed by atoms with Crippen molar-refractivity contribution in [1.29, 1.82) is 0 Å². The van der Waals surface area contributed by atoms with Crippen LogP contribution in [0.4, 0.5) is 5.69 Å². The maximum atomic E-state index is 12.6. The van der Waals surface area contributed by atoms with Crippen molar-refractivity contribution >= 4 is 27.5 Å². The van der Waals surface area contributed by atoms with E-state index in [-0.39, 0.29) is 5.91 Å². The second-order valence-corrected chi connectivity index (χ2v) is 7.12. The molecular weight excluding hydrogens is 394 g/mol. The van der Waals surface area contributed by atoms with Gasteiger partial charge in [0.15, 0.2) is 5.69 Å². The van der Waals surface area contributed by atoms with Gasteiger partial charge in [-0.25, -0.2) is 0 Å². The van der Waals surface area contributed by atoms with E-state index in [0.29, 0.717) is 23.3 Å². The first kappa shape index (κ1) is 18.4. The van der Waals surface area contributed by atoms with E-state index in [1.54, 1.807) is 10.9 Å². The van der Waals surface area contributed by atoms with Crippen LogP contribution in [0.5, 0.6) is 0 Å². The Kier molecular flexibility index (Phi) is 5.27. The number of halogens is 1. The first-order valence-corrected chi connectivity index (χ1v) is 9.32. The number of carbonyl (C=O) groups is 1. The van der Waals surface area contributed by atoms with Crippen molar-refractivity contribution in [1.82, 2.24) is 19.6 Å². The first-order valence-electron chi connectivity index (χ1n) is 8.53. The molecule has 6 nitrogen and oxygen atoms in total. The molecule has 0 radical (unpaired) electrons. The van der Waals surface area contributed by atoms with Crippen molar-refractivity contribution in [2.45, 2.75) is 40.8 Å². The molecule has 1 aromatic carbocycles. The minimum absolute atomic E-state index is 0.245. The number of nitrogens with one attached hydrogen (secondary N) is 1. The molecule has 0 aliphatic carbocycles. The molecule has 0 spiro atoms. The third-order valence-corrected chi connectivity index (χ3v) is 5.04. The number of aryl methyl sites for hydroxylation is 3. The highest BCUT2D eigenvalue weighted by atomic mass is 79.9. The molecule has 0 atom stereocenters. The molecule has 3 rings (SSSR count). The zero-order valence-electron chi connectivity index (χ0n) is 15.4. The summed E-state index contributed by atoms with van der Waals surface area (Å²) in [5.74, 6) is -0.245. The molecule has 0 saturated heterocycles. The number of aromatic nitrogens is 4. The van der Waals surface area contributed by atoms with Crippen LogP contribution in [0.2, 0.25) is 0 Å². The maximum absolute atomic E-state index is 12.6. The van der Waals surface area contributed by atoms with Gasteiger partial charge in [-0.2, -0.15) is 10.2 Å². The number of hydrogen-bond acceptors (Lipinski definition) is 3. The summed E-state index contributed by atoms with van der Waals surface area (Å²) in [4.78, 5) is 12.6. The molecule has 0 bridgehead atoms. The van der Waals surface area contributed by atoms with E-state index in [4.69, 9.17) is 0 Å². The van der Waals surface area contributed by atoms with E-state index in [1.807, 2.05) is 37.6 Å². The first-order chi connectivity index (χ1) is 12.4. The van der Waals surface area contributed by atoms with Crippen LogP contribution >= 0.6 is 15.9 Å². The van der Waals surface area contributed by atoms with Gasteiger partial charge in [-0.1, -0.05) is 24.3 Å². The highest BCUT2D eigenvalue weighted by Crippen LogP contribution is 2.23. The van der Waals surface area contributed by atoms with Gasteiger partial charge in [-0.15, -0.1) is 0 Å². The molecule has 1 N–H and O–H groups in total. The van der Waals surface area contributed by atoms with Crippen molar-refractivity contribution in [2.75, 3.05) is 5.32 Å². The van der Waals surface area contributed by atoms with Crippen LogP contribution in [0.3, 0.4) is 0 Å². The summed E-state index contributed by atoms with van der Waals surface area (Å²) in [5, 5.41) is 11.9. The zero-order valence-corrected chi connectivity index (χ0v) is 17.0. The Morgan fingerprint density at radius 2 is 1.92 bits per heavy atom. The molecule has 2 heterocycles. The van der Waals surface area contributed by atoms with E-state index < -0.39 is 0 Å². The highest BCUT2D eigenvalue weighted by molar-refractivity contribution is 9.10. The molecule has 7 heteroatoms. The normalized spacial score (nSPS) is 11.0. The summed E-state index contributed by atoms with van der Waals surface area (Å²) in [6.07, 6.45) is 1.80. The lowest BCUT2D eigenvalue weighted by Crippen LogP contribution is -2.15. The number of carbonyl (C=O) groups excluding carboxylic acids is 1. The van der Waals surface area contributed by atoms with Gasteiger partial charge in [0, 0.05) is 12.7 Å². The Morgan fingerprint density at radius 3 is 2.58 bits per heavy atom. The number of nitrogens with zero attached hydrogens (tertiary/aromatic N) is 4. The summed E-state index contributed by atoms with van der Waals surface area (Å²) in [5.41, 5.74) is 5.25.